The molecule has 2 heterocycles. The van der Waals surface area contributed by atoms with E-state index < -0.39 is 42.2 Å². The smallest absolute Gasteiger partial charge is 0.239 e. The molecule has 10 heteroatoms. The molecule has 3 unspecified atom stereocenters. The van der Waals surface area contributed by atoms with Crippen LogP contribution in [0.3, 0.4) is 0 Å². The lowest BCUT2D eigenvalue weighted by Crippen LogP contribution is -2.47. The van der Waals surface area contributed by atoms with E-state index in [-0.39, 0.29) is 22.8 Å². The van der Waals surface area contributed by atoms with Gasteiger partial charge in [0.25, 0.3) is 0 Å². The fourth-order valence-corrected chi connectivity index (χ4v) is 9.61. The largest absolute Gasteiger partial charge is 0.273 e. The van der Waals surface area contributed by atoms with E-state index in [9.17, 15) is 21.6 Å². The number of carbonyl (C=O) groups excluding carboxylic acids is 1. The molecule has 7 nitrogen and oxygen atoms in total. The number of hydrogen-bond acceptors (Lipinski definition) is 6. The molecule has 0 radical (unpaired) electrons. The Labute approximate surface area is 203 Å². The second-order valence-electron chi connectivity index (χ2n) is 8.22. The van der Waals surface area contributed by atoms with Crippen molar-refractivity contribution in [3.63, 3.8) is 0 Å². The average Bonchev–Trinajstić information content (AvgIpc) is 3.38. The number of halogens is 1. The highest BCUT2D eigenvalue weighted by atomic mass is 35.5. The molecule has 3 aromatic carbocycles. The Bertz CT molecular complexity index is 1450. The van der Waals surface area contributed by atoms with Gasteiger partial charge < -0.3 is 0 Å². The van der Waals surface area contributed by atoms with E-state index in [2.05, 4.69) is 0 Å². The summed E-state index contributed by atoms with van der Waals surface area (Å²) in [5, 5.41) is 0.00493. The van der Waals surface area contributed by atoms with E-state index in [0.29, 0.717) is 10.6 Å². The molecule has 0 bridgehead atoms. The Hall–Kier alpha value is -2.72. The van der Waals surface area contributed by atoms with Crippen LogP contribution in [0, 0.1) is 0 Å². The Morgan fingerprint density at radius 1 is 0.765 bits per heavy atom. The van der Waals surface area contributed by atoms with Crippen molar-refractivity contribution in [1.29, 1.82) is 0 Å². The molecule has 176 valence electrons. The van der Waals surface area contributed by atoms with Gasteiger partial charge in [0.1, 0.15) is 5.25 Å². The number of fused-ring (bicyclic) bond motifs is 1. The summed E-state index contributed by atoms with van der Waals surface area (Å²) in [6, 6.07) is 21.1. The molecule has 5 rings (SSSR count). The van der Waals surface area contributed by atoms with Crippen molar-refractivity contribution in [3.05, 3.63) is 95.5 Å². The fraction of sp³-hybridized carbons (Fsp3) is 0.208. The van der Waals surface area contributed by atoms with Gasteiger partial charge >= 0.3 is 0 Å². The number of amides is 1. The summed E-state index contributed by atoms with van der Waals surface area (Å²) in [6.07, 6.45) is 0.0932. The summed E-state index contributed by atoms with van der Waals surface area (Å²) >= 11 is 6.23. The molecule has 0 spiro atoms. The Morgan fingerprint density at radius 3 is 1.94 bits per heavy atom. The van der Waals surface area contributed by atoms with Crippen molar-refractivity contribution in [2.24, 2.45) is 0 Å². The topological polar surface area (TPSA) is 91.8 Å². The van der Waals surface area contributed by atoms with Gasteiger partial charge in [0.05, 0.1) is 15.8 Å². The van der Waals surface area contributed by atoms with E-state index in [4.69, 9.17) is 11.6 Å². The number of sulfone groups is 2. The zero-order valence-electron chi connectivity index (χ0n) is 17.9. The maximum Gasteiger partial charge on any atom is 0.239 e. The van der Waals surface area contributed by atoms with Crippen molar-refractivity contribution in [2.45, 2.75) is 32.9 Å². The predicted octanol–water partition coefficient (Wildman–Crippen LogP) is 3.49. The molecule has 0 N–H and O–H groups in total. The van der Waals surface area contributed by atoms with Gasteiger partial charge in [-0.1, -0.05) is 60.1 Å². The molecule has 0 aliphatic carbocycles. The number of carbonyl (C=O) groups is 1. The first-order chi connectivity index (χ1) is 16.2. The van der Waals surface area contributed by atoms with Crippen LogP contribution in [-0.4, -0.2) is 49.9 Å². The minimum atomic E-state index is -4.27. The van der Waals surface area contributed by atoms with Gasteiger partial charge in [-0.25, -0.2) is 21.8 Å². The summed E-state index contributed by atoms with van der Waals surface area (Å²) in [5.74, 6) is -0.428. The lowest BCUT2D eigenvalue weighted by atomic mass is 10.0. The molecule has 2 aliphatic heterocycles. The van der Waals surface area contributed by atoms with Crippen LogP contribution in [0.25, 0.3) is 0 Å². The SMILES string of the molecule is O=C1CCN2C(c3cccc(Cl)c3)C(S(=O)(=O)c3ccccc3)C(S(=O)(=O)c3ccccc3)N12. The van der Waals surface area contributed by atoms with E-state index in [0.717, 1.165) is 5.01 Å². The summed E-state index contributed by atoms with van der Waals surface area (Å²) in [5.41, 5.74) is 0.530. The van der Waals surface area contributed by atoms with Crippen molar-refractivity contribution < 1.29 is 21.6 Å². The van der Waals surface area contributed by atoms with E-state index in [1.54, 1.807) is 65.7 Å². The summed E-state index contributed by atoms with van der Waals surface area (Å²) in [7, 11) is -8.48. The van der Waals surface area contributed by atoms with Crippen LogP contribution in [0.1, 0.15) is 18.0 Å². The molecule has 0 aromatic heterocycles. The van der Waals surface area contributed by atoms with Gasteiger partial charge in [-0.05, 0) is 42.0 Å². The maximum atomic E-state index is 14.1. The highest BCUT2D eigenvalue weighted by Gasteiger charge is 2.62. The standard InChI is InChI=1S/C24H21ClN2O5S2/c25-18-9-7-8-17(16-18)22-23(33(29,30)19-10-3-1-4-11-19)24(27-21(28)14-15-26(22)27)34(31,32)20-12-5-2-6-13-20/h1-13,16,22-24H,14-15H2. The molecular formula is C24H21ClN2O5S2. The molecular weight excluding hydrogens is 496 g/mol. The van der Waals surface area contributed by atoms with Crippen molar-refractivity contribution in [2.75, 3.05) is 6.54 Å². The summed E-state index contributed by atoms with van der Waals surface area (Å²) < 4.78 is 56.0. The van der Waals surface area contributed by atoms with Crippen LogP contribution >= 0.6 is 11.6 Å². The minimum absolute atomic E-state index is 0.00453. The van der Waals surface area contributed by atoms with E-state index in [1.165, 1.54) is 24.3 Å². The number of benzene rings is 3. The van der Waals surface area contributed by atoms with Crippen LogP contribution in [0.4, 0.5) is 0 Å². The molecule has 3 aromatic rings. The highest BCUT2D eigenvalue weighted by Crippen LogP contribution is 2.48. The first-order valence-electron chi connectivity index (χ1n) is 10.6. The second-order valence-corrected chi connectivity index (χ2v) is 12.8. The number of rotatable bonds is 5. The van der Waals surface area contributed by atoms with Crippen molar-refractivity contribution >= 4 is 37.2 Å². The van der Waals surface area contributed by atoms with Crippen molar-refractivity contribution in [3.8, 4) is 0 Å². The predicted molar refractivity (Wildman–Crippen MR) is 127 cm³/mol. The Balaban J connectivity index is 1.78. The third-order valence-corrected chi connectivity index (χ3v) is 10.9. The van der Waals surface area contributed by atoms with E-state index >= 15 is 0 Å². The zero-order valence-corrected chi connectivity index (χ0v) is 20.2. The van der Waals surface area contributed by atoms with E-state index in [1.807, 2.05) is 0 Å². The Kier molecular flexibility index (Phi) is 5.76. The second kappa shape index (κ2) is 8.49. The molecule has 2 saturated heterocycles. The zero-order chi connectivity index (χ0) is 24.1. The number of hydrogen-bond donors (Lipinski definition) is 0. The van der Waals surface area contributed by atoms with Gasteiger partial charge in [-0.15, -0.1) is 0 Å². The third-order valence-electron chi connectivity index (χ3n) is 6.25. The molecule has 0 saturated carbocycles. The first-order valence-corrected chi connectivity index (χ1v) is 14.1. The van der Waals surface area contributed by atoms with Crippen LogP contribution in [-0.2, 0) is 24.5 Å². The molecule has 3 atom stereocenters. The maximum absolute atomic E-state index is 14.1. The minimum Gasteiger partial charge on any atom is -0.273 e. The van der Waals surface area contributed by atoms with Crippen LogP contribution < -0.4 is 0 Å². The highest BCUT2D eigenvalue weighted by molar-refractivity contribution is 7.96. The van der Waals surface area contributed by atoms with Crippen LogP contribution in [0.5, 0.6) is 0 Å². The summed E-state index contributed by atoms with van der Waals surface area (Å²) in [6.45, 7) is 0.206. The van der Waals surface area contributed by atoms with Crippen LogP contribution in [0.2, 0.25) is 5.02 Å². The van der Waals surface area contributed by atoms with Gasteiger partial charge in [0, 0.05) is 18.0 Å². The monoisotopic (exact) mass is 516 g/mol. The number of hydrazine groups is 1. The normalized spacial score (nSPS) is 23.3. The molecule has 34 heavy (non-hydrogen) atoms. The molecule has 2 aliphatic rings. The number of nitrogens with zero attached hydrogens (tertiary/aromatic N) is 2. The lowest BCUT2D eigenvalue weighted by Gasteiger charge is -2.26. The van der Waals surface area contributed by atoms with Gasteiger partial charge in [-0.3, -0.25) is 9.80 Å². The Morgan fingerprint density at radius 2 is 1.35 bits per heavy atom. The van der Waals surface area contributed by atoms with Gasteiger partial charge in [0.2, 0.25) is 15.7 Å². The third kappa shape index (κ3) is 3.63. The van der Waals surface area contributed by atoms with Crippen molar-refractivity contribution in [1.82, 2.24) is 10.0 Å². The van der Waals surface area contributed by atoms with Gasteiger partial charge in [0.15, 0.2) is 15.2 Å². The first kappa shape index (κ1) is 23.0. The van der Waals surface area contributed by atoms with Gasteiger partial charge in [-0.2, -0.15) is 0 Å². The summed E-state index contributed by atoms with van der Waals surface area (Å²) in [4.78, 5) is 12.9. The fourth-order valence-electron chi connectivity index (χ4n) is 4.80. The lowest BCUT2D eigenvalue weighted by molar-refractivity contribution is -0.136. The quantitative estimate of drug-likeness (QED) is 0.515. The molecule has 1 amide bonds. The average molecular weight is 517 g/mol. The molecule has 2 fully saturated rings. The van der Waals surface area contributed by atoms with Crippen LogP contribution in [0.15, 0.2) is 94.7 Å².